The van der Waals surface area contributed by atoms with Gasteiger partial charge in [0.15, 0.2) is 6.61 Å². The Labute approximate surface area is 162 Å². The van der Waals surface area contributed by atoms with Crippen LogP contribution in [0.1, 0.15) is 22.0 Å². The third-order valence-electron chi connectivity index (χ3n) is 3.72. The smallest absolute Gasteiger partial charge is 0.344 e. The molecule has 0 radical (unpaired) electrons. The summed E-state index contributed by atoms with van der Waals surface area (Å²) in [7, 11) is 0. The van der Waals surface area contributed by atoms with Crippen molar-refractivity contribution in [1.29, 1.82) is 0 Å². The highest BCUT2D eigenvalue weighted by atomic mass is 35.5. The van der Waals surface area contributed by atoms with Gasteiger partial charge in [-0.15, -0.1) is 21.5 Å². The lowest BCUT2D eigenvalue weighted by Gasteiger charge is -2.04. The molecule has 27 heavy (non-hydrogen) atoms. The monoisotopic (exact) mass is 401 g/mol. The number of hydrogen-bond acceptors (Lipinski definition) is 8. The number of hydrogen-bond donors (Lipinski definition) is 0. The summed E-state index contributed by atoms with van der Waals surface area (Å²) in [4.78, 5) is 13.4. The number of carbonyl (C=O) groups is 1. The maximum absolute atomic E-state index is 12.6. The van der Waals surface area contributed by atoms with E-state index < -0.39 is 5.97 Å². The van der Waals surface area contributed by atoms with E-state index in [1.165, 1.54) is 11.3 Å². The summed E-state index contributed by atoms with van der Waals surface area (Å²) in [6.45, 7) is 1.47. The highest BCUT2D eigenvalue weighted by Crippen LogP contribution is 2.31. The first-order valence-electron chi connectivity index (χ1n) is 7.88. The fourth-order valence-electron chi connectivity index (χ4n) is 2.46. The van der Waals surface area contributed by atoms with Gasteiger partial charge in [-0.05, 0) is 24.4 Å². The van der Waals surface area contributed by atoms with Gasteiger partial charge in [-0.1, -0.05) is 41.0 Å². The third kappa shape index (κ3) is 3.49. The average molecular weight is 402 g/mol. The lowest BCUT2D eigenvalue weighted by Crippen LogP contribution is -2.07. The second-order valence-electron chi connectivity index (χ2n) is 5.50. The Morgan fingerprint density at radius 2 is 2.07 bits per heavy atom. The number of esters is 1. The molecule has 0 atom stereocenters. The minimum Gasteiger partial charge on any atom is -0.452 e. The molecule has 0 aliphatic heterocycles. The molecule has 0 saturated heterocycles. The molecule has 0 unspecified atom stereocenters. The predicted octanol–water partition coefficient (Wildman–Crippen LogP) is 4.77. The molecule has 0 amide bonds. The Morgan fingerprint density at radius 1 is 1.22 bits per heavy atom. The highest BCUT2D eigenvalue weighted by Gasteiger charge is 2.25. The molecule has 9 heteroatoms. The topological polar surface area (TPSA) is 91.2 Å². The second-order valence-corrected chi connectivity index (χ2v) is 6.85. The normalized spacial score (nSPS) is 10.9. The van der Waals surface area contributed by atoms with Crippen LogP contribution in [-0.2, 0) is 11.3 Å². The molecular weight excluding hydrogens is 390 g/mol. The van der Waals surface area contributed by atoms with Crippen LogP contribution in [0.2, 0.25) is 5.02 Å². The summed E-state index contributed by atoms with van der Waals surface area (Å²) in [5.41, 5.74) is 1.12. The van der Waals surface area contributed by atoms with Crippen molar-refractivity contribution in [3.05, 3.63) is 64.0 Å². The summed E-state index contributed by atoms with van der Waals surface area (Å²) >= 11 is 7.68. The minimum atomic E-state index is -0.612. The Bertz CT molecular complexity index is 1090. The number of nitrogens with zero attached hydrogens (tertiary/aromatic N) is 3. The molecule has 0 saturated carbocycles. The molecular formula is C18H12ClN3O4S. The van der Waals surface area contributed by atoms with E-state index in [1.807, 2.05) is 17.5 Å². The van der Waals surface area contributed by atoms with Crippen molar-refractivity contribution in [2.75, 3.05) is 0 Å². The van der Waals surface area contributed by atoms with E-state index in [0.717, 1.165) is 4.88 Å². The molecule has 136 valence electrons. The summed E-state index contributed by atoms with van der Waals surface area (Å²) in [5.74, 6) is 0.299. The number of aryl methyl sites for hydroxylation is 1. The number of rotatable bonds is 5. The number of thiophene rings is 1. The van der Waals surface area contributed by atoms with Crippen molar-refractivity contribution in [2.45, 2.75) is 13.5 Å². The molecule has 0 aliphatic rings. The van der Waals surface area contributed by atoms with Crippen molar-refractivity contribution in [1.82, 2.24) is 15.4 Å². The molecule has 4 rings (SSSR count). The molecule has 3 aromatic heterocycles. The summed E-state index contributed by atoms with van der Waals surface area (Å²) in [6, 6.07) is 10.8. The van der Waals surface area contributed by atoms with E-state index in [0.29, 0.717) is 27.9 Å². The van der Waals surface area contributed by atoms with Gasteiger partial charge in [0.2, 0.25) is 0 Å². The quantitative estimate of drug-likeness (QED) is 0.444. The maximum atomic E-state index is 12.6. The van der Waals surface area contributed by atoms with Crippen LogP contribution in [-0.4, -0.2) is 21.3 Å². The predicted molar refractivity (Wildman–Crippen MR) is 98.4 cm³/mol. The number of halogens is 1. The first-order chi connectivity index (χ1) is 13.1. The van der Waals surface area contributed by atoms with Crippen molar-refractivity contribution in [3.63, 3.8) is 0 Å². The fraction of sp³-hybridized carbons (Fsp3) is 0.111. The Morgan fingerprint density at radius 3 is 2.85 bits per heavy atom. The standard InChI is InChI=1S/C18H12ClN3O4S/c1-10-15(16(22-26-10)11-5-2-3-6-12(11)19)18(23)24-9-14-20-21-17(25-14)13-7-4-8-27-13/h2-8H,9H2,1H3. The van der Waals surface area contributed by atoms with Crippen LogP contribution in [0.3, 0.4) is 0 Å². The van der Waals surface area contributed by atoms with E-state index in [1.54, 1.807) is 31.2 Å². The van der Waals surface area contributed by atoms with Crippen LogP contribution < -0.4 is 0 Å². The molecule has 3 heterocycles. The number of ether oxygens (including phenoxy) is 1. The molecule has 0 N–H and O–H groups in total. The van der Waals surface area contributed by atoms with Crippen LogP contribution in [0.4, 0.5) is 0 Å². The molecule has 0 aliphatic carbocycles. The number of carbonyl (C=O) groups excluding carboxylic acids is 1. The van der Waals surface area contributed by atoms with Gasteiger partial charge in [-0.2, -0.15) is 0 Å². The van der Waals surface area contributed by atoms with Gasteiger partial charge in [0.05, 0.1) is 9.90 Å². The molecule has 0 bridgehead atoms. The summed E-state index contributed by atoms with van der Waals surface area (Å²) in [6.07, 6.45) is 0. The van der Waals surface area contributed by atoms with Gasteiger partial charge >= 0.3 is 5.97 Å². The summed E-state index contributed by atoms with van der Waals surface area (Å²) in [5, 5.41) is 14.2. The zero-order chi connectivity index (χ0) is 18.8. The van der Waals surface area contributed by atoms with E-state index in [2.05, 4.69) is 15.4 Å². The number of aromatic nitrogens is 3. The Balaban J connectivity index is 1.53. The van der Waals surface area contributed by atoms with Gasteiger partial charge in [0.25, 0.3) is 11.8 Å². The van der Waals surface area contributed by atoms with E-state index >= 15 is 0 Å². The van der Waals surface area contributed by atoms with Crippen LogP contribution in [0.15, 0.2) is 50.7 Å². The Kier molecular flexibility index (Phi) is 4.74. The SMILES string of the molecule is Cc1onc(-c2ccccc2Cl)c1C(=O)OCc1nnc(-c2cccs2)o1. The lowest BCUT2D eigenvalue weighted by atomic mass is 10.1. The zero-order valence-corrected chi connectivity index (χ0v) is 15.6. The van der Waals surface area contributed by atoms with E-state index in [9.17, 15) is 4.79 Å². The maximum Gasteiger partial charge on any atom is 0.344 e. The van der Waals surface area contributed by atoms with Crippen molar-refractivity contribution in [2.24, 2.45) is 0 Å². The zero-order valence-electron chi connectivity index (χ0n) is 14.0. The van der Waals surface area contributed by atoms with E-state index in [-0.39, 0.29) is 18.1 Å². The largest absolute Gasteiger partial charge is 0.452 e. The van der Waals surface area contributed by atoms with Gasteiger partial charge in [-0.25, -0.2) is 4.79 Å². The van der Waals surface area contributed by atoms with E-state index in [4.69, 9.17) is 25.3 Å². The third-order valence-corrected chi connectivity index (χ3v) is 4.91. The van der Waals surface area contributed by atoms with Gasteiger partial charge < -0.3 is 13.7 Å². The minimum absolute atomic E-state index is 0.163. The van der Waals surface area contributed by atoms with Gasteiger partial charge in [0.1, 0.15) is 17.0 Å². The fourth-order valence-corrected chi connectivity index (χ4v) is 3.33. The van der Waals surface area contributed by atoms with Crippen LogP contribution in [0.25, 0.3) is 22.0 Å². The highest BCUT2D eigenvalue weighted by molar-refractivity contribution is 7.13. The average Bonchev–Trinajstić information content (AvgIpc) is 3.40. The molecule has 0 fully saturated rings. The van der Waals surface area contributed by atoms with Crippen LogP contribution in [0.5, 0.6) is 0 Å². The lowest BCUT2D eigenvalue weighted by molar-refractivity contribution is 0.0437. The molecule has 4 aromatic rings. The summed E-state index contributed by atoms with van der Waals surface area (Å²) < 4.78 is 16.0. The van der Waals surface area contributed by atoms with Crippen LogP contribution in [0, 0.1) is 6.92 Å². The van der Waals surface area contributed by atoms with Crippen molar-refractivity contribution >= 4 is 28.9 Å². The van der Waals surface area contributed by atoms with Gasteiger partial charge in [0, 0.05) is 5.56 Å². The first kappa shape index (κ1) is 17.4. The first-order valence-corrected chi connectivity index (χ1v) is 9.14. The van der Waals surface area contributed by atoms with Crippen molar-refractivity contribution < 1.29 is 18.5 Å². The second kappa shape index (κ2) is 7.34. The van der Waals surface area contributed by atoms with Crippen LogP contribution >= 0.6 is 22.9 Å². The number of benzene rings is 1. The van der Waals surface area contributed by atoms with Crippen molar-refractivity contribution in [3.8, 4) is 22.0 Å². The van der Waals surface area contributed by atoms with Gasteiger partial charge in [-0.3, -0.25) is 0 Å². The molecule has 7 nitrogen and oxygen atoms in total. The molecule has 1 aromatic carbocycles. The molecule has 0 spiro atoms. The Hall–Kier alpha value is -2.97.